The molecule has 42 heavy (non-hydrogen) atoms. The van der Waals surface area contributed by atoms with Gasteiger partial charge in [0.2, 0.25) is 0 Å². The minimum absolute atomic E-state index is 0.0724. The van der Waals surface area contributed by atoms with E-state index in [1.54, 1.807) is 20.8 Å². The molecule has 2 aliphatic heterocycles. The lowest BCUT2D eigenvalue weighted by Gasteiger charge is -2.62. The van der Waals surface area contributed by atoms with Crippen LogP contribution in [0, 0.1) is 16.7 Å². The summed E-state index contributed by atoms with van der Waals surface area (Å²) >= 11 is 0. The van der Waals surface area contributed by atoms with Crippen LogP contribution in [-0.2, 0) is 27.4 Å². The molecule has 6 aliphatic rings. The van der Waals surface area contributed by atoms with Crippen LogP contribution in [0.25, 0.3) is 0 Å². The van der Waals surface area contributed by atoms with Crippen molar-refractivity contribution < 1.29 is 39.7 Å². The predicted molar refractivity (Wildman–Crippen MR) is 153 cm³/mol. The molecule has 4 saturated carbocycles. The number of aliphatic hydroxyl groups is 5. The van der Waals surface area contributed by atoms with Gasteiger partial charge in [-0.15, -0.1) is 0 Å². The summed E-state index contributed by atoms with van der Waals surface area (Å²) in [5.41, 5.74) is -12.4. The minimum Gasteiger partial charge on any atom is -0.387 e. The number of hydrogen-bond acceptors (Lipinski definition) is 8. The molecule has 6 bridgehead atoms. The number of ether oxygens (including phenoxy) is 3. The third-order valence-electron chi connectivity index (χ3n) is 12.5. The van der Waals surface area contributed by atoms with E-state index in [2.05, 4.69) is 6.58 Å². The fourth-order valence-corrected chi connectivity index (χ4v) is 10.5. The third-order valence-corrected chi connectivity index (χ3v) is 12.5. The molecule has 11 atom stereocenters. The predicted octanol–water partition coefficient (Wildman–Crippen LogP) is 2.99. The summed E-state index contributed by atoms with van der Waals surface area (Å²) in [4.78, 5) is 0. The number of hydrogen-bond donors (Lipinski definition) is 5. The minimum atomic E-state index is -2.41. The van der Waals surface area contributed by atoms with E-state index in [1.807, 2.05) is 67.6 Å². The molecule has 5 N–H and O–H groups in total. The van der Waals surface area contributed by atoms with Gasteiger partial charge in [0.1, 0.15) is 28.5 Å². The molecule has 1 unspecified atom stereocenters. The Morgan fingerprint density at radius 3 is 2.10 bits per heavy atom. The maximum absolute atomic E-state index is 13.4. The van der Waals surface area contributed by atoms with Crippen molar-refractivity contribution in [1.82, 2.24) is 0 Å². The van der Waals surface area contributed by atoms with Crippen LogP contribution >= 0.6 is 0 Å². The van der Waals surface area contributed by atoms with Gasteiger partial charge in [-0.1, -0.05) is 81.1 Å². The first-order valence-electron chi connectivity index (χ1n) is 15.0. The van der Waals surface area contributed by atoms with E-state index in [-0.39, 0.29) is 37.5 Å². The van der Waals surface area contributed by atoms with Gasteiger partial charge in [-0.3, -0.25) is 0 Å². The first-order chi connectivity index (χ1) is 19.7. The van der Waals surface area contributed by atoms with Crippen molar-refractivity contribution in [2.45, 2.75) is 106 Å². The quantitative estimate of drug-likeness (QED) is 0.317. The largest absolute Gasteiger partial charge is 0.387 e. The molecular formula is C34H42O8. The first kappa shape index (κ1) is 28.6. The van der Waals surface area contributed by atoms with Crippen LogP contribution in [0.15, 0.2) is 72.8 Å². The molecular weight excluding hydrogens is 536 g/mol. The summed E-state index contributed by atoms with van der Waals surface area (Å²) in [6, 6.07) is 19.1. The molecule has 2 aromatic rings. The van der Waals surface area contributed by atoms with Crippen LogP contribution in [0.5, 0.6) is 0 Å². The molecule has 8 heteroatoms. The van der Waals surface area contributed by atoms with E-state index in [0.717, 1.165) is 11.1 Å². The van der Waals surface area contributed by atoms with Crippen LogP contribution in [0.4, 0.5) is 0 Å². The standard InChI is InChI=1S/C34H42O8/c1-21(2)31(37)26(35)32(38)27(4)20-30(41-19-24-14-10-7-11-15-24)28(31,5)34(32,39)33(42-30)25(22(3)16-17-29(27,33)36)40-18-23-12-8-6-9-13-23/h6-15,22,25-26,35-39H,1,16-20H2,2-5H3/t22-,25+,26+,27-,28-,29-,30?,31+,32+,33+,34+/m0/s1. The number of benzene rings is 2. The van der Waals surface area contributed by atoms with Gasteiger partial charge in [0, 0.05) is 11.8 Å². The SMILES string of the molecule is C=C(C)[C@@]1(O)[C@@H](O)[C@@]2(O)[C@@]3(C)CC4(OCc5ccccc5)O[C@@]5([C@H](OCc6ccccc6)[C@@H](C)CC[C@]35O)[C@@]2(O)[C@@]41C. The van der Waals surface area contributed by atoms with E-state index in [0.29, 0.717) is 6.42 Å². The van der Waals surface area contributed by atoms with Gasteiger partial charge in [0.15, 0.2) is 11.4 Å². The summed E-state index contributed by atoms with van der Waals surface area (Å²) in [5, 5.41) is 63.9. The fraction of sp³-hybridized carbons (Fsp3) is 0.588. The fourth-order valence-electron chi connectivity index (χ4n) is 10.5. The smallest absolute Gasteiger partial charge is 0.182 e. The Labute approximate surface area is 246 Å². The molecule has 0 amide bonds. The summed E-state index contributed by atoms with van der Waals surface area (Å²) < 4.78 is 20.4. The normalized spacial score (nSPS) is 51.6. The Balaban J connectivity index is 1.48. The molecule has 1 spiro atoms. The second-order valence-corrected chi connectivity index (χ2v) is 14.0. The maximum Gasteiger partial charge on any atom is 0.182 e. The number of aliphatic hydroxyl groups excluding tert-OH is 1. The molecule has 6 fully saturated rings. The monoisotopic (exact) mass is 578 g/mol. The third kappa shape index (κ3) is 2.52. The average Bonchev–Trinajstić information content (AvgIpc) is 3.21. The van der Waals surface area contributed by atoms with E-state index < -0.39 is 56.8 Å². The maximum atomic E-state index is 13.4. The van der Waals surface area contributed by atoms with Crippen molar-refractivity contribution in [1.29, 1.82) is 0 Å². The van der Waals surface area contributed by atoms with Crippen molar-refractivity contribution in [2.75, 3.05) is 0 Å². The highest BCUT2D eigenvalue weighted by atomic mass is 16.7. The molecule has 2 saturated heterocycles. The van der Waals surface area contributed by atoms with E-state index >= 15 is 0 Å². The summed E-state index contributed by atoms with van der Waals surface area (Å²) in [6.45, 7) is 11.1. The van der Waals surface area contributed by atoms with E-state index in [9.17, 15) is 25.5 Å². The van der Waals surface area contributed by atoms with Crippen LogP contribution < -0.4 is 0 Å². The topological polar surface area (TPSA) is 129 Å². The highest BCUT2D eigenvalue weighted by molar-refractivity contribution is 5.58. The number of rotatable bonds is 7. The van der Waals surface area contributed by atoms with Crippen molar-refractivity contribution >= 4 is 0 Å². The van der Waals surface area contributed by atoms with Crippen LogP contribution in [0.1, 0.15) is 58.1 Å². The average molecular weight is 579 g/mol. The van der Waals surface area contributed by atoms with Crippen molar-refractivity contribution in [3.63, 3.8) is 0 Å². The van der Waals surface area contributed by atoms with E-state index in [4.69, 9.17) is 14.2 Å². The van der Waals surface area contributed by atoms with Crippen molar-refractivity contribution in [3.8, 4) is 0 Å². The van der Waals surface area contributed by atoms with Gasteiger partial charge in [0.05, 0.1) is 24.7 Å². The highest BCUT2D eigenvalue weighted by Crippen LogP contribution is 2.91. The van der Waals surface area contributed by atoms with Gasteiger partial charge in [-0.05, 0) is 49.3 Å². The van der Waals surface area contributed by atoms with Gasteiger partial charge < -0.3 is 39.7 Å². The zero-order valence-corrected chi connectivity index (χ0v) is 24.7. The molecule has 0 radical (unpaired) electrons. The first-order valence-corrected chi connectivity index (χ1v) is 15.0. The van der Waals surface area contributed by atoms with Gasteiger partial charge in [-0.2, -0.15) is 0 Å². The van der Waals surface area contributed by atoms with Gasteiger partial charge >= 0.3 is 0 Å². The second kappa shape index (κ2) is 8.31. The zero-order chi connectivity index (χ0) is 30.2. The van der Waals surface area contributed by atoms with E-state index in [1.165, 1.54) is 0 Å². The Bertz CT molecular complexity index is 1440. The Hall–Kier alpha value is -2.14. The Kier molecular flexibility index (Phi) is 5.66. The Morgan fingerprint density at radius 1 is 0.952 bits per heavy atom. The molecule has 2 heterocycles. The summed E-state index contributed by atoms with van der Waals surface area (Å²) in [7, 11) is 0. The van der Waals surface area contributed by atoms with Gasteiger partial charge in [0.25, 0.3) is 0 Å². The van der Waals surface area contributed by atoms with Crippen LogP contribution in [0.2, 0.25) is 0 Å². The lowest BCUT2D eigenvalue weighted by Crippen LogP contribution is -2.75. The lowest BCUT2D eigenvalue weighted by molar-refractivity contribution is -0.404. The molecule has 0 aromatic heterocycles. The Morgan fingerprint density at radius 2 is 1.52 bits per heavy atom. The van der Waals surface area contributed by atoms with Crippen molar-refractivity contribution in [2.24, 2.45) is 16.7 Å². The van der Waals surface area contributed by atoms with Crippen LogP contribution in [0.3, 0.4) is 0 Å². The highest BCUT2D eigenvalue weighted by Gasteiger charge is 3.10. The molecule has 8 nitrogen and oxygen atoms in total. The summed E-state index contributed by atoms with van der Waals surface area (Å²) in [6.07, 6.45) is -2.16. The second-order valence-electron chi connectivity index (χ2n) is 14.0. The lowest BCUT2D eigenvalue weighted by atomic mass is 9.53. The van der Waals surface area contributed by atoms with Crippen molar-refractivity contribution in [3.05, 3.63) is 83.9 Å². The molecule has 226 valence electrons. The molecule has 2 aromatic carbocycles. The van der Waals surface area contributed by atoms with Crippen LogP contribution in [-0.4, -0.2) is 71.5 Å². The zero-order valence-electron chi connectivity index (χ0n) is 24.7. The van der Waals surface area contributed by atoms with Gasteiger partial charge in [-0.25, -0.2) is 0 Å². The molecule has 8 rings (SSSR count). The molecule has 4 aliphatic carbocycles. The summed E-state index contributed by atoms with van der Waals surface area (Å²) in [5.74, 6) is -1.95.